The minimum absolute atomic E-state index is 0.0215. The van der Waals surface area contributed by atoms with Crippen LogP contribution in [0, 0.1) is 5.92 Å². The molecule has 0 radical (unpaired) electrons. The van der Waals surface area contributed by atoms with Gasteiger partial charge in [0.15, 0.2) is 0 Å². The summed E-state index contributed by atoms with van der Waals surface area (Å²) >= 11 is 1.73. The van der Waals surface area contributed by atoms with E-state index in [9.17, 15) is 4.79 Å². The molecule has 1 aromatic carbocycles. The lowest BCUT2D eigenvalue weighted by molar-refractivity contribution is 0.0706. The van der Waals surface area contributed by atoms with E-state index < -0.39 is 5.91 Å². The quantitative estimate of drug-likeness (QED) is 0.534. The summed E-state index contributed by atoms with van der Waals surface area (Å²) in [6.45, 7) is 1.95. The van der Waals surface area contributed by atoms with Crippen LogP contribution in [0.4, 0.5) is 0 Å². The van der Waals surface area contributed by atoms with E-state index in [-0.39, 0.29) is 5.41 Å². The van der Waals surface area contributed by atoms with Crippen molar-refractivity contribution >= 4 is 17.2 Å². The maximum atomic E-state index is 11.4. The Morgan fingerprint density at radius 2 is 2.04 bits per heavy atom. The highest BCUT2D eigenvalue weighted by Gasteiger charge is 2.48. The Balaban J connectivity index is 1.46. The highest BCUT2D eigenvalue weighted by atomic mass is 32.1. The van der Waals surface area contributed by atoms with Gasteiger partial charge < -0.3 is 5.32 Å². The zero-order valence-corrected chi connectivity index (χ0v) is 14.2. The zero-order chi connectivity index (χ0) is 16.6. The Bertz CT molecular complexity index is 733. The Morgan fingerprint density at radius 3 is 2.67 bits per heavy atom. The van der Waals surface area contributed by atoms with Gasteiger partial charge in [0.2, 0.25) is 0 Å². The molecule has 2 aromatic rings. The van der Waals surface area contributed by atoms with Crippen molar-refractivity contribution in [2.45, 2.75) is 37.6 Å². The number of nitrogens with one attached hydrogen (secondary N) is 2. The predicted octanol–water partition coefficient (Wildman–Crippen LogP) is 2.84. The van der Waals surface area contributed by atoms with Crippen LogP contribution >= 0.6 is 11.3 Å². The molecule has 1 aromatic heterocycles. The topological polar surface area (TPSA) is 74.2 Å². The standard InChI is InChI=1S/C18H21N3O2S/c22-16(21-23)13-3-5-14(6-4-13)18(7-8-18)17-20-15(11-24-17)10-19-9-12-1-2-12/h3-6,11-12,19,23H,1-2,7-10H2,(H,21,22). The number of benzene rings is 1. The largest absolute Gasteiger partial charge is 0.311 e. The van der Waals surface area contributed by atoms with E-state index in [1.54, 1.807) is 28.9 Å². The van der Waals surface area contributed by atoms with Crippen LogP contribution in [0.5, 0.6) is 0 Å². The van der Waals surface area contributed by atoms with Crippen molar-refractivity contribution in [3.05, 3.63) is 51.5 Å². The number of carbonyl (C=O) groups is 1. The summed E-state index contributed by atoms with van der Waals surface area (Å²) in [6, 6.07) is 7.47. The molecule has 0 aliphatic heterocycles. The van der Waals surface area contributed by atoms with Crippen LogP contribution in [0.25, 0.3) is 0 Å². The molecule has 0 bridgehead atoms. The molecule has 3 N–H and O–H groups in total. The van der Waals surface area contributed by atoms with E-state index >= 15 is 0 Å². The van der Waals surface area contributed by atoms with E-state index in [1.807, 2.05) is 12.1 Å². The summed E-state index contributed by atoms with van der Waals surface area (Å²) in [5.74, 6) is 0.400. The van der Waals surface area contributed by atoms with E-state index in [2.05, 4.69) is 10.7 Å². The number of aromatic nitrogens is 1. The number of nitrogens with zero attached hydrogens (tertiary/aromatic N) is 1. The van der Waals surface area contributed by atoms with Crippen molar-refractivity contribution in [2.24, 2.45) is 5.92 Å². The van der Waals surface area contributed by atoms with Gasteiger partial charge in [-0.15, -0.1) is 11.3 Å². The Hall–Kier alpha value is -1.76. The smallest absolute Gasteiger partial charge is 0.274 e. The first-order valence-electron chi connectivity index (χ1n) is 8.42. The van der Waals surface area contributed by atoms with Crippen molar-refractivity contribution in [1.82, 2.24) is 15.8 Å². The number of thiazole rings is 1. The number of amides is 1. The summed E-state index contributed by atoms with van der Waals surface area (Å²) in [4.78, 5) is 16.3. The van der Waals surface area contributed by atoms with Gasteiger partial charge >= 0.3 is 0 Å². The number of hydrogen-bond donors (Lipinski definition) is 3. The van der Waals surface area contributed by atoms with E-state index in [0.29, 0.717) is 5.56 Å². The molecule has 0 saturated heterocycles. The van der Waals surface area contributed by atoms with Crippen molar-refractivity contribution < 1.29 is 10.0 Å². The van der Waals surface area contributed by atoms with Gasteiger partial charge in [0.25, 0.3) is 5.91 Å². The molecule has 2 fully saturated rings. The first kappa shape index (κ1) is 15.7. The number of hydrogen-bond acceptors (Lipinski definition) is 5. The fourth-order valence-corrected chi connectivity index (χ4v) is 4.19. The van der Waals surface area contributed by atoms with Crippen LogP contribution in [-0.2, 0) is 12.0 Å². The first-order valence-corrected chi connectivity index (χ1v) is 9.30. The fourth-order valence-electron chi connectivity index (χ4n) is 3.09. The van der Waals surface area contributed by atoms with Gasteiger partial charge in [-0.1, -0.05) is 12.1 Å². The second-order valence-corrected chi connectivity index (χ2v) is 7.68. The molecular formula is C18H21N3O2S. The zero-order valence-electron chi connectivity index (χ0n) is 13.4. The lowest BCUT2D eigenvalue weighted by Gasteiger charge is -2.13. The minimum atomic E-state index is -0.482. The molecule has 24 heavy (non-hydrogen) atoms. The molecule has 2 aliphatic rings. The third-order valence-corrected chi connectivity index (χ3v) is 6.04. The van der Waals surface area contributed by atoms with Gasteiger partial charge in [0.05, 0.1) is 5.69 Å². The molecule has 2 aliphatic carbocycles. The second-order valence-electron chi connectivity index (χ2n) is 6.82. The van der Waals surface area contributed by atoms with Crippen molar-refractivity contribution in [3.8, 4) is 0 Å². The van der Waals surface area contributed by atoms with Crippen LogP contribution < -0.4 is 10.8 Å². The third kappa shape index (κ3) is 3.09. The van der Waals surface area contributed by atoms with Crippen LogP contribution in [0.3, 0.4) is 0 Å². The van der Waals surface area contributed by atoms with Crippen LogP contribution in [-0.4, -0.2) is 22.6 Å². The normalized spacial score (nSPS) is 18.4. The summed E-state index contributed by atoms with van der Waals surface area (Å²) in [7, 11) is 0. The van der Waals surface area contributed by atoms with Crippen molar-refractivity contribution in [1.29, 1.82) is 0 Å². The molecule has 0 spiro atoms. The van der Waals surface area contributed by atoms with Gasteiger partial charge in [-0.25, -0.2) is 10.5 Å². The molecule has 0 unspecified atom stereocenters. The molecule has 6 heteroatoms. The van der Waals surface area contributed by atoms with Crippen molar-refractivity contribution in [3.63, 3.8) is 0 Å². The van der Waals surface area contributed by atoms with Crippen LogP contribution in [0.15, 0.2) is 29.6 Å². The van der Waals surface area contributed by atoms with Gasteiger partial charge in [0.1, 0.15) is 5.01 Å². The maximum absolute atomic E-state index is 11.4. The second kappa shape index (κ2) is 6.27. The summed E-state index contributed by atoms with van der Waals surface area (Å²) in [6.07, 6.45) is 4.92. The summed E-state index contributed by atoms with van der Waals surface area (Å²) < 4.78 is 0. The molecule has 1 amide bonds. The Morgan fingerprint density at radius 1 is 1.29 bits per heavy atom. The predicted molar refractivity (Wildman–Crippen MR) is 92.3 cm³/mol. The molecule has 2 saturated carbocycles. The average Bonchev–Trinajstić information content (AvgIpc) is 3.54. The van der Waals surface area contributed by atoms with Gasteiger partial charge in [-0.2, -0.15) is 0 Å². The lowest BCUT2D eigenvalue weighted by Crippen LogP contribution is -2.19. The molecule has 0 atom stereocenters. The Kier molecular flexibility index (Phi) is 4.12. The molecule has 4 rings (SSSR count). The fraction of sp³-hybridized carbons (Fsp3) is 0.444. The van der Waals surface area contributed by atoms with Gasteiger partial charge in [-0.3, -0.25) is 10.0 Å². The lowest BCUT2D eigenvalue weighted by atomic mass is 9.95. The first-order chi connectivity index (χ1) is 11.7. The summed E-state index contributed by atoms with van der Waals surface area (Å²) in [5.41, 5.74) is 4.47. The molecule has 126 valence electrons. The maximum Gasteiger partial charge on any atom is 0.274 e. The minimum Gasteiger partial charge on any atom is -0.311 e. The Labute approximate surface area is 145 Å². The van der Waals surface area contributed by atoms with Crippen LogP contribution in [0.2, 0.25) is 0 Å². The van der Waals surface area contributed by atoms with Gasteiger partial charge in [-0.05, 0) is 55.8 Å². The highest BCUT2D eigenvalue weighted by Crippen LogP contribution is 2.54. The number of rotatable bonds is 7. The average molecular weight is 343 g/mol. The number of hydroxylamine groups is 1. The van der Waals surface area contributed by atoms with Crippen molar-refractivity contribution in [2.75, 3.05) is 6.54 Å². The number of carbonyl (C=O) groups excluding carboxylic acids is 1. The van der Waals surface area contributed by atoms with E-state index in [0.717, 1.165) is 37.5 Å². The van der Waals surface area contributed by atoms with Crippen LogP contribution in [0.1, 0.15) is 52.3 Å². The molecular weight excluding hydrogens is 322 g/mol. The third-order valence-electron chi connectivity index (χ3n) is 4.95. The van der Waals surface area contributed by atoms with E-state index in [1.165, 1.54) is 23.4 Å². The highest BCUT2D eigenvalue weighted by molar-refractivity contribution is 7.09. The molecule has 1 heterocycles. The van der Waals surface area contributed by atoms with E-state index in [4.69, 9.17) is 10.2 Å². The SMILES string of the molecule is O=C(NO)c1ccc(C2(c3nc(CNCC4CC4)cs3)CC2)cc1. The van der Waals surface area contributed by atoms with Gasteiger partial charge in [0, 0.05) is 22.9 Å². The monoisotopic (exact) mass is 343 g/mol. The summed E-state index contributed by atoms with van der Waals surface area (Å²) in [5, 5.41) is 15.5. The molecule has 5 nitrogen and oxygen atoms in total.